The summed E-state index contributed by atoms with van der Waals surface area (Å²) in [5, 5.41) is 13.4. The lowest BCUT2D eigenvalue weighted by Gasteiger charge is -2.27. The summed E-state index contributed by atoms with van der Waals surface area (Å²) in [5.41, 5.74) is 0.107. The summed E-state index contributed by atoms with van der Waals surface area (Å²) in [7, 11) is 0. The van der Waals surface area contributed by atoms with E-state index >= 15 is 0 Å². The molecule has 1 saturated heterocycles. The van der Waals surface area contributed by atoms with Gasteiger partial charge in [0.1, 0.15) is 5.82 Å². The van der Waals surface area contributed by atoms with E-state index in [1.54, 1.807) is 18.2 Å². The molecule has 0 atom stereocenters. The number of piperidine rings is 1. The van der Waals surface area contributed by atoms with Crippen molar-refractivity contribution >= 4 is 23.2 Å². The molecule has 1 fully saturated rings. The smallest absolute Gasteiger partial charge is 0.355 e. The van der Waals surface area contributed by atoms with Crippen molar-refractivity contribution in [2.24, 2.45) is 0 Å². The van der Waals surface area contributed by atoms with Crippen LogP contribution in [0.3, 0.4) is 0 Å². The molecule has 1 aliphatic heterocycles. The molecule has 6 nitrogen and oxygen atoms in total. The van der Waals surface area contributed by atoms with E-state index in [1.807, 2.05) is 18.2 Å². The summed E-state index contributed by atoms with van der Waals surface area (Å²) in [4.78, 5) is 14.5. The second-order valence-electron chi connectivity index (χ2n) is 7.68. The Morgan fingerprint density at radius 1 is 0.879 bits per heavy atom. The Bertz CT molecular complexity index is 1130. The molecule has 3 aromatic rings. The first-order valence-corrected chi connectivity index (χ1v) is 10.4. The van der Waals surface area contributed by atoms with Crippen LogP contribution >= 0.6 is 0 Å². The molecule has 2 aromatic carbocycles. The first kappa shape index (κ1) is 22.5. The zero-order valence-electron chi connectivity index (χ0n) is 17.5. The molecule has 2 heterocycles. The van der Waals surface area contributed by atoms with Gasteiger partial charge >= 0.3 is 12.2 Å². The lowest BCUT2D eigenvalue weighted by atomic mass is 10.1. The van der Waals surface area contributed by atoms with Gasteiger partial charge in [-0.05, 0) is 61.7 Å². The van der Waals surface area contributed by atoms with E-state index in [4.69, 9.17) is 0 Å². The van der Waals surface area contributed by atoms with Crippen molar-refractivity contribution in [3.63, 3.8) is 0 Å². The van der Waals surface area contributed by atoms with Gasteiger partial charge in [-0.1, -0.05) is 12.1 Å². The lowest BCUT2D eigenvalue weighted by molar-refractivity contribution is -0.139. The van der Waals surface area contributed by atoms with Crippen LogP contribution in [0.1, 0.15) is 24.8 Å². The maximum absolute atomic E-state index is 13.4. The fourth-order valence-electron chi connectivity index (χ4n) is 3.64. The maximum atomic E-state index is 13.4. The summed E-state index contributed by atoms with van der Waals surface area (Å²) in [6.45, 7) is 1.92. The molecule has 1 aromatic heterocycles. The first-order valence-electron chi connectivity index (χ1n) is 10.4. The molecule has 0 aliphatic carbocycles. The Hall–Kier alpha value is -3.69. The van der Waals surface area contributed by atoms with Gasteiger partial charge in [0.25, 0.3) is 0 Å². The third kappa shape index (κ3) is 5.57. The third-order valence-electron chi connectivity index (χ3n) is 5.28. The second kappa shape index (κ2) is 9.43. The third-order valence-corrected chi connectivity index (χ3v) is 5.28. The van der Waals surface area contributed by atoms with Crippen LogP contribution in [0.5, 0.6) is 0 Å². The molecule has 4 rings (SSSR count). The van der Waals surface area contributed by atoms with Gasteiger partial charge in [-0.2, -0.15) is 13.2 Å². The van der Waals surface area contributed by atoms with Gasteiger partial charge < -0.3 is 15.5 Å². The number of amides is 2. The molecule has 1 aliphatic rings. The molecule has 10 heteroatoms. The number of rotatable bonds is 4. The van der Waals surface area contributed by atoms with E-state index < -0.39 is 23.6 Å². The van der Waals surface area contributed by atoms with Crippen LogP contribution in [-0.4, -0.2) is 29.3 Å². The van der Waals surface area contributed by atoms with Gasteiger partial charge in [0.2, 0.25) is 0 Å². The highest BCUT2D eigenvalue weighted by Crippen LogP contribution is 2.33. The summed E-state index contributed by atoms with van der Waals surface area (Å²) in [6, 6.07) is 12.1. The summed E-state index contributed by atoms with van der Waals surface area (Å²) in [6.07, 6.45) is -1.37. The maximum Gasteiger partial charge on any atom is 0.419 e. The van der Waals surface area contributed by atoms with Crippen molar-refractivity contribution in [3.8, 4) is 11.3 Å². The molecular weight excluding hydrogens is 438 g/mol. The Balaban J connectivity index is 1.43. The summed E-state index contributed by atoms with van der Waals surface area (Å²) < 4.78 is 52.0. The Kier molecular flexibility index (Phi) is 6.43. The number of anilines is 3. The minimum absolute atomic E-state index is 0.184. The Morgan fingerprint density at radius 2 is 1.61 bits per heavy atom. The average Bonchev–Trinajstić information content (AvgIpc) is 2.80. The minimum atomic E-state index is -4.86. The van der Waals surface area contributed by atoms with Gasteiger partial charge in [0.05, 0.1) is 11.3 Å². The van der Waals surface area contributed by atoms with Crippen molar-refractivity contribution in [3.05, 3.63) is 66.0 Å². The van der Waals surface area contributed by atoms with Crippen LogP contribution in [0, 0.1) is 5.82 Å². The Labute approximate surface area is 187 Å². The van der Waals surface area contributed by atoms with Crippen molar-refractivity contribution in [1.82, 2.24) is 10.2 Å². The molecule has 33 heavy (non-hydrogen) atoms. The number of urea groups is 1. The van der Waals surface area contributed by atoms with Crippen LogP contribution in [0.15, 0.2) is 54.6 Å². The fraction of sp³-hybridized carbons (Fsp3) is 0.261. The minimum Gasteiger partial charge on any atom is -0.355 e. The number of nitrogens with one attached hydrogen (secondary N) is 2. The molecule has 0 saturated carbocycles. The van der Waals surface area contributed by atoms with E-state index in [9.17, 15) is 22.4 Å². The molecule has 2 amide bonds. The zero-order valence-corrected chi connectivity index (χ0v) is 17.5. The molecule has 0 bridgehead atoms. The van der Waals surface area contributed by atoms with E-state index in [0.29, 0.717) is 29.1 Å². The molecule has 2 N–H and O–H groups in total. The van der Waals surface area contributed by atoms with Crippen LogP contribution < -0.4 is 15.5 Å². The molecule has 172 valence electrons. The second-order valence-corrected chi connectivity index (χ2v) is 7.68. The SMILES string of the molecule is O=C(Nc1cccc(-c2ccc(N3CCCCC3)nn2)c1)Nc1ccc(F)c(C(F)(F)F)c1. The topological polar surface area (TPSA) is 70.2 Å². The van der Waals surface area contributed by atoms with Crippen LogP contribution in [-0.2, 0) is 6.18 Å². The summed E-state index contributed by atoms with van der Waals surface area (Å²) >= 11 is 0. The van der Waals surface area contributed by atoms with Crippen LogP contribution in [0.25, 0.3) is 11.3 Å². The van der Waals surface area contributed by atoms with E-state index in [2.05, 4.69) is 25.7 Å². The van der Waals surface area contributed by atoms with Gasteiger partial charge in [-0.15, -0.1) is 10.2 Å². The van der Waals surface area contributed by atoms with Gasteiger partial charge in [-0.25, -0.2) is 9.18 Å². The highest BCUT2D eigenvalue weighted by atomic mass is 19.4. The molecule has 0 unspecified atom stereocenters. The van der Waals surface area contributed by atoms with Crippen molar-refractivity contribution in [2.45, 2.75) is 25.4 Å². The number of carbonyl (C=O) groups is 1. The number of aromatic nitrogens is 2. The number of carbonyl (C=O) groups excluding carboxylic acids is 1. The normalized spacial score (nSPS) is 14.1. The van der Waals surface area contributed by atoms with Crippen molar-refractivity contribution < 1.29 is 22.4 Å². The van der Waals surface area contributed by atoms with Gasteiger partial charge in [0.15, 0.2) is 5.82 Å². The number of benzene rings is 2. The summed E-state index contributed by atoms with van der Waals surface area (Å²) in [5.74, 6) is -0.585. The monoisotopic (exact) mass is 459 g/mol. The zero-order chi connectivity index (χ0) is 23.4. The van der Waals surface area contributed by atoms with Gasteiger partial charge in [-0.3, -0.25) is 0 Å². The largest absolute Gasteiger partial charge is 0.419 e. The quantitative estimate of drug-likeness (QED) is 0.474. The molecule has 0 spiro atoms. The van der Waals surface area contributed by atoms with E-state index in [1.165, 1.54) is 6.42 Å². The number of hydrogen-bond donors (Lipinski definition) is 2. The predicted octanol–water partition coefficient (Wildman–Crippen LogP) is 5.94. The predicted molar refractivity (Wildman–Crippen MR) is 118 cm³/mol. The number of alkyl halides is 3. The number of nitrogens with zero attached hydrogens (tertiary/aromatic N) is 3. The Morgan fingerprint density at radius 3 is 2.27 bits per heavy atom. The van der Waals surface area contributed by atoms with Crippen LogP contribution in [0.2, 0.25) is 0 Å². The molecule has 0 radical (unpaired) electrons. The fourth-order valence-corrected chi connectivity index (χ4v) is 3.64. The lowest BCUT2D eigenvalue weighted by Crippen LogP contribution is -2.30. The highest BCUT2D eigenvalue weighted by Gasteiger charge is 2.34. The number of halogens is 4. The number of hydrogen-bond acceptors (Lipinski definition) is 4. The van der Waals surface area contributed by atoms with Crippen molar-refractivity contribution in [2.75, 3.05) is 28.6 Å². The standard InChI is InChI=1S/C23H21F4N5O/c24-19-8-7-17(14-18(19)23(25,26)27)29-22(33)28-16-6-4-5-15(13-16)20-9-10-21(31-30-20)32-11-2-1-3-12-32/h4-10,13-14H,1-3,11-12H2,(H2,28,29,33). The average molecular weight is 459 g/mol. The van der Waals surface area contributed by atoms with E-state index in [-0.39, 0.29) is 5.69 Å². The first-order chi connectivity index (χ1) is 15.8. The highest BCUT2D eigenvalue weighted by molar-refractivity contribution is 6.00. The molecular formula is C23H21F4N5O. The van der Waals surface area contributed by atoms with Crippen LogP contribution in [0.4, 0.5) is 39.5 Å². The van der Waals surface area contributed by atoms with E-state index in [0.717, 1.165) is 37.8 Å². The van der Waals surface area contributed by atoms with Crippen molar-refractivity contribution in [1.29, 1.82) is 0 Å². The van der Waals surface area contributed by atoms with Gasteiger partial charge in [0, 0.05) is 30.0 Å².